The highest BCUT2D eigenvalue weighted by atomic mass is 32.1. The lowest BCUT2D eigenvalue weighted by molar-refractivity contribution is 0.216. The van der Waals surface area contributed by atoms with Crippen LogP contribution in [0, 0.1) is 12.3 Å². The highest BCUT2D eigenvalue weighted by Crippen LogP contribution is 2.43. The average Bonchev–Trinajstić information content (AvgIpc) is 3.13. The zero-order chi connectivity index (χ0) is 16.7. The number of fused-ring (bicyclic) bond motifs is 1. The molecule has 1 unspecified atom stereocenters. The highest BCUT2D eigenvalue weighted by Gasteiger charge is 2.38. The molecule has 1 aliphatic heterocycles. The summed E-state index contributed by atoms with van der Waals surface area (Å²) in [6.07, 6.45) is 1.73. The van der Waals surface area contributed by atoms with E-state index in [0.717, 1.165) is 41.7 Å². The molecule has 24 heavy (non-hydrogen) atoms. The van der Waals surface area contributed by atoms with E-state index < -0.39 is 0 Å². The van der Waals surface area contributed by atoms with E-state index in [1.54, 1.807) is 11.3 Å². The first-order valence-electron chi connectivity index (χ1n) is 8.40. The molecule has 0 N–H and O–H groups in total. The van der Waals surface area contributed by atoms with E-state index in [4.69, 9.17) is 0 Å². The third-order valence-corrected chi connectivity index (χ3v) is 5.97. The van der Waals surface area contributed by atoms with Gasteiger partial charge in [-0.2, -0.15) is 0 Å². The van der Waals surface area contributed by atoms with Gasteiger partial charge >= 0.3 is 0 Å². The summed E-state index contributed by atoms with van der Waals surface area (Å²) in [7, 11) is 0. The number of hydrogen-bond donors (Lipinski definition) is 0. The molecule has 5 heteroatoms. The zero-order valence-electron chi connectivity index (χ0n) is 14.4. The average molecular weight is 338 g/mol. The second-order valence-electron chi connectivity index (χ2n) is 7.33. The molecule has 0 saturated heterocycles. The first-order valence-corrected chi connectivity index (χ1v) is 9.28. The molecule has 0 saturated carbocycles. The zero-order valence-corrected chi connectivity index (χ0v) is 15.2. The van der Waals surface area contributed by atoms with Gasteiger partial charge in [0.25, 0.3) is 0 Å². The fraction of sp³-hybridized carbons (Fsp3) is 0.421. The van der Waals surface area contributed by atoms with Crippen molar-refractivity contribution in [2.45, 2.75) is 46.1 Å². The molecular formula is C19H22N4S. The Bertz CT molecular complexity index is 847. The smallest absolute Gasteiger partial charge is 0.139 e. The summed E-state index contributed by atoms with van der Waals surface area (Å²) < 4.78 is 2.32. The molecule has 1 aliphatic rings. The van der Waals surface area contributed by atoms with Gasteiger partial charge in [0.15, 0.2) is 0 Å². The Morgan fingerprint density at radius 1 is 1.21 bits per heavy atom. The van der Waals surface area contributed by atoms with E-state index in [0.29, 0.717) is 5.92 Å². The van der Waals surface area contributed by atoms with Crippen LogP contribution < -0.4 is 0 Å². The van der Waals surface area contributed by atoms with Gasteiger partial charge in [-0.25, -0.2) is 4.98 Å². The maximum absolute atomic E-state index is 4.58. The van der Waals surface area contributed by atoms with E-state index >= 15 is 0 Å². The Labute approximate surface area is 146 Å². The molecule has 0 radical (unpaired) electrons. The lowest BCUT2D eigenvalue weighted by atomic mass is 9.70. The van der Waals surface area contributed by atoms with E-state index in [9.17, 15) is 0 Å². The van der Waals surface area contributed by atoms with Gasteiger partial charge in [-0.1, -0.05) is 44.2 Å². The first kappa shape index (κ1) is 15.5. The van der Waals surface area contributed by atoms with Crippen LogP contribution in [0.25, 0.3) is 0 Å². The number of aryl methyl sites for hydroxylation is 1. The van der Waals surface area contributed by atoms with Gasteiger partial charge in [0.2, 0.25) is 0 Å². The number of nitrogens with zero attached hydrogens (tertiary/aromatic N) is 4. The minimum Gasteiger partial charge on any atom is -0.314 e. The number of rotatable bonds is 3. The Hall–Kier alpha value is -2.01. The van der Waals surface area contributed by atoms with E-state index in [2.05, 4.69) is 69.3 Å². The van der Waals surface area contributed by atoms with Crippen molar-refractivity contribution >= 4 is 11.3 Å². The second kappa shape index (κ2) is 5.81. The monoisotopic (exact) mass is 338 g/mol. The van der Waals surface area contributed by atoms with Crippen molar-refractivity contribution in [2.75, 3.05) is 0 Å². The SMILES string of the molecule is Cc1csc(Cc2nnc3n2CC(c2ccccc2)C(C)(C)C3)n1. The van der Waals surface area contributed by atoms with Crippen LogP contribution in [0.4, 0.5) is 0 Å². The van der Waals surface area contributed by atoms with Crippen LogP contribution in [-0.4, -0.2) is 19.7 Å². The van der Waals surface area contributed by atoms with Gasteiger partial charge < -0.3 is 4.57 Å². The maximum Gasteiger partial charge on any atom is 0.139 e. The predicted octanol–water partition coefficient (Wildman–Crippen LogP) is 4.00. The summed E-state index contributed by atoms with van der Waals surface area (Å²) >= 11 is 1.70. The molecule has 4 nitrogen and oxygen atoms in total. The van der Waals surface area contributed by atoms with E-state index in [1.807, 2.05) is 6.92 Å². The first-order chi connectivity index (χ1) is 11.5. The van der Waals surface area contributed by atoms with E-state index in [1.165, 1.54) is 5.56 Å². The van der Waals surface area contributed by atoms with E-state index in [-0.39, 0.29) is 5.41 Å². The van der Waals surface area contributed by atoms with Crippen molar-refractivity contribution in [3.8, 4) is 0 Å². The Morgan fingerprint density at radius 2 is 2.00 bits per heavy atom. The number of benzene rings is 1. The largest absolute Gasteiger partial charge is 0.314 e. The Balaban J connectivity index is 1.67. The minimum atomic E-state index is 0.180. The topological polar surface area (TPSA) is 43.6 Å². The fourth-order valence-corrected chi connectivity index (χ4v) is 4.43. The molecule has 0 bridgehead atoms. The Kier molecular flexibility index (Phi) is 3.76. The van der Waals surface area contributed by atoms with Crippen molar-refractivity contribution in [3.05, 3.63) is 63.6 Å². The van der Waals surface area contributed by atoms with Gasteiger partial charge in [-0.3, -0.25) is 0 Å². The quantitative estimate of drug-likeness (QED) is 0.725. The molecule has 3 heterocycles. The van der Waals surface area contributed by atoms with Crippen molar-refractivity contribution in [1.29, 1.82) is 0 Å². The van der Waals surface area contributed by atoms with Crippen molar-refractivity contribution in [3.63, 3.8) is 0 Å². The second-order valence-corrected chi connectivity index (χ2v) is 8.27. The molecule has 124 valence electrons. The van der Waals surface area contributed by atoms with Gasteiger partial charge in [0, 0.05) is 30.0 Å². The molecule has 2 aromatic heterocycles. The fourth-order valence-electron chi connectivity index (χ4n) is 3.67. The highest BCUT2D eigenvalue weighted by molar-refractivity contribution is 7.09. The van der Waals surface area contributed by atoms with Crippen molar-refractivity contribution in [2.24, 2.45) is 5.41 Å². The van der Waals surface area contributed by atoms with Gasteiger partial charge in [-0.05, 0) is 17.9 Å². The summed E-state index contributed by atoms with van der Waals surface area (Å²) in [6, 6.07) is 10.8. The van der Waals surface area contributed by atoms with Crippen LogP contribution in [0.15, 0.2) is 35.7 Å². The van der Waals surface area contributed by atoms with Gasteiger partial charge in [0.1, 0.15) is 16.7 Å². The lowest BCUT2D eigenvalue weighted by Gasteiger charge is -2.39. The molecule has 1 aromatic carbocycles. The van der Waals surface area contributed by atoms with Crippen LogP contribution in [0.1, 0.15) is 47.7 Å². The number of hydrogen-bond acceptors (Lipinski definition) is 4. The lowest BCUT2D eigenvalue weighted by Crippen LogP contribution is -2.35. The summed E-state index contributed by atoms with van der Waals surface area (Å²) in [5.74, 6) is 2.62. The molecular weight excluding hydrogens is 316 g/mol. The molecule has 0 aliphatic carbocycles. The maximum atomic E-state index is 4.58. The predicted molar refractivity (Wildman–Crippen MR) is 96.3 cm³/mol. The van der Waals surface area contributed by atoms with Crippen LogP contribution in [-0.2, 0) is 19.4 Å². The summed E-state index contributed by atoms with van der Waals surface area (Å²) in [5, 5.41) is 12.2. The minimum absolute atomic E-state index is 0.180. The van der Waals surface area contributed by atoms with Gasteiger partial charge in [-0.15, -0.1) is 21.5 Å². The number of thiazole rings is 1. The summed E-state index contributed by atoms with van der Waals surface area (Å²) in [6.45, 7) is 7.66. The van der Waals surface area contributed by atoms with Crippen LogP contribution in [0.3, 0.4) is 0 Å². The van der Waals surface area contributed by atoms with Gasteiger partial charge in [0.05, 0.1) is 6.42 Å². The summed E-state index contributed by atoms with van der Waals surface area (Å²) in [4.78, 5) is 4.58. The molecule has 3 aromatic rings. The van der Waals surface area contributed by atoms with Crippen LogP contribution in [0.2, 0.25) is 0 Å². The normalized spacial score (nSPS) is 19.2. The van der Waals surface area contributed by atoms with Crippen LogP contribution >= 0.6 is 11.3 Å². The van der Waals surface area contributed by atoms with Crippen LogP contribution in [0.5, 0.6) is 0 Å². The van der Waals surface area contributed by atoms with Crippen molar-refractivity contribution in [1.82, 2.24) is 19.7 Å². The Morgan fingerprint density at radius 3 is 2.71 bits per heavy atom. The third kappa shape index (κ3) is 2.77. The van der Waals surface area contributed by atoms with Crippen molar-refractivity contribution < 1.29 is 0 Å². The number of aromatic nitrogens is 4. The molecule has 0 spiro atoms. The molecule has 0 fully saturated rings. The third-order valence-electron chi connectivity index (χ3n) is 5.00. The molecule has 4 rings (SSSR count). The molecule has 0 amide bonds. The summed E-state index contributed by atoms with van der Waals surface area (Å²) in [5.41, 5.74) is 2.66. The standard InChI is InChI=1S/C19H22N4S/c1-13-12-24-18(20-13)9-16-21-22-17-10-19(2,3)15(11-23(16)17)14-7-5-4-6-8-14/h4-8,12,15H,9-11H2,1-3H3. The molecule has 1 atom stereocenters.